The third-order valence-electron chi connectivity index (χ3n) is 4.44. The summed E-state index contributed by atoms with van der Waals surface area (Å²) in [5.41, 5.74) is 5.52. The summed E-state index contributed by atoms with van der Waals surface area (Å²) < 4.78 is 0. The first-order valence-corrected chi connectivity index (χ1v) is 9.46. The maximum atomic E-state index is 3.99. The number of hydrogen-bond acceptors (Lipinski definition) is 0. The summed E-state index contributed by atoms with van der Waals surface area (Å²) in [5.74, 6) is 0. The van der Waals surface area contributed by atoms with Gasteiger partial charge >= 0.3 is 0 Å². The highest BCUT2D eigenvalue weighted by atomic mass is 14.3. The Morgan fingerprint density at radius 3 is 1.88 bits per heavy atom. The van der Waals surface area contributed by atoms with E-state index >= 15 is 0 Å². The molecular formula is C25H36. The van der Waals surface area contributed by atoms with Crippen LogP contribution in [0.25, 0.3) is 22.9 Å². The summed E-state index contributed by atoms with van der Waals surface area (Å²) in [4.78, 5) is 0. The summed E-state index contributed by atoms with van der Waals surface area (Å²) in [6.07, 6.45) is 6.27. The first-order chi connectivity index (χ1) is 11.6. The molecule has 0 aromatic heterocycles. The predicted molar refractivity (Wildman–Crippen MR) is 117 cm³/mol. The molecule has 0 nitrogen and oxygen atoms in total. The van der Waals surface area contributed by atoms with Gasteiger partial charge < -0.3 is 0 Å². The van der Waals surface area contributed by atoms with Crippen molar-refractivity contribution in [1.29, 1.82) is 0 Å². The molecule has 0 fully saturated rings. The topological polar surface area (TPSA) is 0 Å². The van der Waals surface area contributed by atoms with Gasteiger partial charge in [0.2, 0.25) is 0 Å². The molecule has 136 valence electrons. The van der Waals surface area contributed by atoms with E-state index in [1.165, 1.54) is 33.0 Å². The van der Waals surface area contributed by atoms with E-state index in [1.807, 2.05) is 19.9 Å². The van der Waals surface area contributed by atoms with Gasteiger partial charge in [-0.15, -0.1) is 0 Å². The van der Waals surface area contributed by atoms with Crippen LogP contribution >= 0.6 is 0 Å². The van der Waals surface area contributed by atoms with E-state index in [4.69, 9.17) is 0 Å². The average molecular weight is 337 g/mol. The molecule has 0 aliphatic carbocycles. The third kappa shape index (κ3) is 4.63. The van der Waals surface area contributed by atoms with Gasteiger partial charge in [-0.05, 0) is 56.8 Å². The van der Waals surface area contributed by atoms with Gasteiger partial charge in [-0.2, -0.15) is 0 Å². The van der Waals surface area contributed by atoms with Crippen LogP contribution in [-0.2, 0) is 10.8 Å². The quantitative estimate of drug-likeness (QED) is 0.519. The second kappa shape index (κ2) is 8.04. The highest BCUT2D eigenvalue weighted by Gasteiger charge is 2.23. The molecule has 2 aromatic rings. The lowest BCUT2D eigenvalue weighted by Crippen LogP contribution is -2.17. The first kappa shape index (κ1) is 21.2. The molecule has 0 atom stereocenters. The van der Waals surface area contributed by atoms with Gasteiger partial charge in [0, 0.05) is 0 Å². The summed E-state index contributed by atoms with van der Waals surface area (Å²) in [6, 6.07) is 9.21. The summed E-state index contributed by atoms with van der Waals surface area (Å²) >= 11 is 0. The van der Waals surface area contributed by atoms with Crippen molar-refractivity contribution in [2.75, 3.05) is 0 Å². The Kier molecular flexibility index (Phi) is 6.82. The Hall–Kier alpha value is -1.82. The lowest BCUT2D eigenvalue weighted by atomic mass is 9.77. The van der Waals surface area contributed by atoms with Gasteiger partial charge in [0.25, 0.3) is 0 Å². The minimum atomic E-state index is 0.113. The second-order valence-corrected chi connectivity index (χ2v) is 8.39. The van der Waals surface area contributed by atoms with Gasteiger partial charge in [0.15, 0.2) is 0 Å². The summed E-state index contributed by atoms with van der Waals surface area (Å²) in [6.45, 7) is 23.8. The van der Waals surface area contributed by atoms with Crippen molar-refractivity contribution in [2.24, 2.45) is 0 Å². The maximum absolute atomic E-state index is 3.99. The molecule has 0 heterocycles. The molecule has 2 aromatic carbocycles. The minimum absolute atomic E-state index is 0.113. The van der Waals surface area contributed by atoms with Crippen LogP contribution in [0.3, 0.4) is 0 Å². The lowest BCUT2D eigenvalue weighted by Gasteiger charge is -2.27. The van der Waals surface area contributed by atoms with Crippen molar-refractivity contribution >= 4 is 22.9 Å². The zero-order chi connectivity index (χ0) is 19.4. The van der Waals surface area contributed by atoms with E-state index in [9.17, 15) is 0 Å². The van der Waals surface area contributed by atoms with E-state index in [0.29, 0.717) is 0 Å². The standard InChI is InChI=1S/C23H30.C2H6/c1-9-11-18-16(10-2)12-13-19-20(18)14-17(22(3,4)5)15-21(19)23(6,7)8;1-2/h9-15H,2H2,1,3-8H3;1-2H3/b11-9-;. The fraction of sp³-hybridized carbons (Fsp3) is 0.440. The highest BCUT2D eigenvalue weighted by Crippen LogP contribution is 2.37. The van der Waals surface area contributed by atoms with Crippen LogP contribution in [0, 0.1) is 0 Å². The number of rotatable bonds is 2. The number of allylic oxidation sites excluding steroid dienone is 1. The molecule has 0 saturated carbocycles. The van der Waals surface area contributed by atoms with Crippen molar-refractivity contribution in [3.8, 4) is 0 Å². The van der Waals surface area contributed by atoms with Gasteiger partial charge in [0.05, 0.1) is 0 Å². The summed E-state index contributed by atoms with van der Waals surface area (Å²) in [5, 5.41) is 2.68. The van der Waals surface area contributed by atoms with Crippen LogP contribution in [0.5, 0.6) is 0 Å². The van der Waals surface area contributed by atoms with Gasteiger partial charge in [-0.1, -0.05) is 98.4 Å². The Labute approximate surface area is 155 Å². The molecule has 0 N–H and O–H groups in total. The first-order valence-electron chi connectivity index (χ1n) is 9.46. The smallest absolute Gasteiger partial charge is 0.00996 e. The van der Waals surface area contributed by atoms with Crippen LogP contribution in [-0.4, -0.2) is 0 Å². The van der Waals surface area contributed by atoms with Crippen LogP contribution in [0.1, 0.15) is 84.6 Å². The van der Waals surface area contributed by atoms with Crippen molar-refractivity contribution < 1.29 is 0 Å². The fourth-order valence-corrected chi connectivity index (χ4v) is 3.06. The van der Waals surface area contributed by atoms with E-state index < -0.39 is 0 Å². The third-order valence-corrected chi connectivity index (χ3v) is 4.44. The highest BCUT2D eigenvalue weighted by molar-refractivity contribution is 5.97. The molecule has 0 bridgehead atoms. The van der Waals surface area contributed by atoms with Gasteiger partial charge in [-0.25, -0.2) is 0 Å². The number of hydrogen-bond donors (Lipinski definition) is 0. The molecular weight excluding hydrogens is 300 g/mol. The van der Waals surface area contributed by atoms with Crippen molar-refractivity contribution in [3.63, 3.8) is 0 Å². The molecule has 0 aliphatic rings. The van der Waals surface area contributed by atoms with E-state index in [2.05, 4.69) is 91.5 Å². The number of benzene rings is 2. The molecule has 0 heteroatoms. The van der Waals surface area contributed by atoms with Gasteiger partial charge in [-0.3, -0.25) is 0 Å². The van der Waals surface area contributed by atoms with Gasteiger partial charge in [0.1, 0.15) is 0 Å². The molecule has 0 spiro atoms. The maximum Gasteiger partial charge on any atom is -0.00996 e. The minimum Gasteiger partial charge on any atom is -0.0984 e. The Balaban J connectivity index is 0.00000151. The van der Waals surface area contributed by atoms with Crippen LogP contribution < -0.4 is 0 Å². The molecule has 25 heavy (non-hydrogen) atoms. The van der Waals surface area contributed by atoms with Crippen molar-refractivity contribution in [2.45, 2.75) is 73.1 Å². The van der Waals surface area contributed by atoms with E-state index in [1.54, 1.807) is 0 Å². The van der Waals surface area contributed by atoms with Crippen LogP contribution in [0.4, 0.5) is 0 Å². The van der Waals surface area contributed by atoms with Crippen LogP contribution in [0.2, 0.25) is 0 Å². The SMILES string of the molecule is C=Cc1ccc2c(C(C)(C)C)cc(C(C)(C)C)cc2c1/C=C\C.CC. The molecule has 0 saturated heterocycles. The zero-order valence-electron chi connectivity index (χ0n) is 17.7. The molecule has 2 rings (SSSR count). The second-order valence-electron chi connectivity index (χ2n) is 8.39. The Bertz CT molecular complexity index is 759. The Morgan fingerprint density at radius 1 is 0.840 bits per heavy atom. The van der Waals surface area contributed by atoms with Crippen LogP contribution in [0.15, 0.2) is 36.9 Å². The Morgan fingerprint density at radius 2 is 1.44 bits per heavy atom. The van der Waals surface area contributed by atoms with Crippen molar-refractivity contribution in [3.05, 3.63) is 59.2 Å². The molecule has 0 aliphatic heterocycles. The fourth-order valence-electron chi connectivity index (χ4n) is 3.06. The lowest BCUT2D eigenvalue weighted by molar-refractivity contribution is 0.573. The molecule has 0 unspecified atom stereocenters. The monoisotopic (exact) mass is 336 g/mol. The van der Waals surface area contributed by atoms with E-state index in [0.717, 1.165) is 0 Å². The normalized spacial score (nSPS) is 12.2. The zero-order valence-corrected chi connectivity index (χ0v) is 17.7. The molecule has 0 radical (unpaired) electrons. The molecule has 0 amide bonds. The average Bonchev–Trinajstić information content (AvgIpc) is 2.54. The number of fused-ring (bicyclic) bond motifs is 1. The van der Waals surface area contributed by atoms with Crippen molar-refractivity contribution in [1.82, 2.24) is 0 Å². The van der Waals surface area contributed by atoms with E-state index in [-0.39, 0.29) is 10.8 Å². The predicted octanol–water partition coefficient (Wildman–Crippen LogP) is 8.14. The summed E-state index contributed by atoms with van der Waals surface area (Å²) in [7, 11) is 0. The largest absolute Gasteiger partial charge is 0.0984 e.